The van der Waals surface area contributed by atoms with E-state index in [0.717, 1.165) is 24.6 Å². The van der Waals surface area contributed by atoms with E-state index in [2.05, 4.69) is 15.0 Å². The molecule has 0 atom stereocenters. The fourth-order valence-corrected chi connectivity index (χ4v) is 5.12. The van der Waals surface area contributed by atoms with Gasteiger partial charge in [-0.1, -0.05) is 28.9 Å². The lowest BCUT2D eigenvalue weighted by Gasteiger charge is -2.25. The first-order chi connectivity index (χ1) is 13.0. The topological polar surface area (TPSA) is 97.2 Å². The van der Waals surface area contributed by atoms with Crippen LogP contribution in [0.5, 0.6) is 0 Å². The van der Waals surface area contributed by atoms with Crippen LogP contribution in [0.4, 0.5) is 0 Å². The second-order valence-corrected chi connectivity index (χ2v) is 9.32. The summed E-state index contributed by atoms with van der Waals surface area (Å²) in [5.74, 6) is 1.76. The van der Waals surface area contributed by atoms with Gasteiger partial charge >= 0.3 is 0 Å². The Balaban J connectivity index is 1.49. The summed E-state index contributed by atoms with van der Waals surface area (Å²) < 4.78 is 28.6. The van der Waals surface area contributed by atoms with Crippen molar-refractivity contribution < 1.29 is 13.2 Å². The molecule has 1 N–H and O–H groups in total. The molecule has 3 rings (SSSR count). The van der Waals surface area contributed by atoms with Crippen LogP contribution in [0.3, 0.4) is 0 Å². The van der Waals surface area contributed by atoms with Gasteiger partial charge in [0.25, 0.3) is 5.91 Å². The van der Waals surface area contributed by atoms with Crippen LogP contribution in [0, 0.1) is 0 Å². The average molecular weight is 430 g/mol. The van der Waals surface area contributed by atoms with E-state index in [4.69, 9.17) is 11.6 Å². The molecule has 0 aliphatic carbocycles. The lowest BCUT2D eigenvalue weighted by Crippen LogP contribution is -2.38. The SMILES string of the molecule is O=C(c1cn(CCCNS(=O)(=O)c2ccccc2Cl)nn1)N1CCSCC1. The first kappa shape index (κ1) is 20.1. The number of sulfonamides is 1. The van der Waals surface area contributed by atoms with Crippen molar-refractivity contribution in [3.05, 3.63) is 41.2 Å². The Bertz CT molecular complexity index is 897. The van der Waals surface area contributed by atoms with Gasteiger partial charge in [-0.2, -0.15) is 11.8 Å². The number of thioether (sulfide) groups is 1. The van der Waals surface area contributed by atoms with Crippen LogP contribution in [-0.4, -0.2) is 65.4 Å². The van der Waals surface area contributed by atoms with Gasteiger partial charge in [0.15, 0.2) is 5.69 Å². The molecule has 0 radical (unpaired) electrons. The van der Waals surface area contributed by atoms with Crippen LogP contribution in [0.15, 0.2) is 35.4 Å². The number of aryl methyl sites for hydroxylation is 1. The molecule has 0 spiro atoms. The molecule has 11 heteroatoms. The molecule has 1 aromatic carbocycles. The maximum absolute atomic E-state index is 12.4. The highest BCUT2D eigenvalue weighted by molar-refractivity contribution is 7.99. The fraction of sp³-hybridized carbons (Fsp3) is 0.438. The van der Waals surface area contributed by atoms with E-state index in [-0.39, 0.29) is 22.4 Å². The van der Waals surface area contributed by atoms with Crippen molar-refractivity contribution in [3.8, 4) is 0 Å². The first-order valence-corrected chi connectivity index (χ1v) is 11.5. The molecular weight excluding hydrogens is 410 g/mol. The minimum Gasteiger partial charge on any atom is -0.336 e. The number of hydrogen-bond acceptors (Lipinski definition) is 6. The maximum Gasteiger partial charge on any atom is 0.276 e. The Kier molecular flexibility index (Phi) is 6.74. The molecule has 1 amide bonds. The molecular formula is C16H20ClN5O3S2. The van der Waals surface area contributed by atoms with E-state index >= 15 is 0 Å². The quantitative estimate of drug-likeness (QED) is 0.669. The number of halogens is 1. The Labute approximate surface area is 167 Å². The highest BCUT2D eigenvalue weighted by atomic mass is 35.5. The van der Waals surface area contributed by atoms with Crippen LogP contribution >= 0.6 is 23.4 Å². The average Bonchev–Trinajstić information content (AvgIpc) is 3.14. The van der Waals surface area contributed by atoms with Gasteiger partial charge in [0.05, 0.1) is 11.2 Å². The van der Waals surface area contributed by atoms with Crippen molar-refractivity contribution in [2.75, 3.05) is 31.1 Å². The third kappa shape index (κ3) is 5.22. The molecule has 146 valence electrons. The first-order valence-electron chi connectivity index (χ1n) is 8.49. The summed E-state index contributed by atoms with van der Waals surface area (Å²) >= 11 is 7.77. The number of rotatable bonds is 7. The van der Waals surface area contributed by atoms with Gasteiger partial charge in [0, 0.05) is 37.7 Å². The number of benzene rings is 1. The van der Waals surface area contributed by atoms with Gasteiger partial charge in [-0.25, -0.2) is 13.1 Å². The summed E-state index contributed by atoms with van der Waals surface area (Å²) in [5, 5.41) is 8.07. The van der Waals surface area contributed by atoms with Crippen LogP contribution in [0.25, 0.3) is 0 Å². The molecule has 2 heterocycles. The van der Waals surface area contributed by atoms with Crippen LogP contribution < -0.4 is 4.72 Å². The molecule has 1 aromatic heterocycles. The van der Waals surface area contributed by atoms with E-state index in [1.165, 1.54) is 12.1 Å². The Morgan fingerprint density at radius 1 is 1.26 bits per heavy atom. The smallest absolute Gasteiger partial charge is 0.276 e. The highest BCUT2D eigenvalue weighted by Gasteiger charge is 2.21. The molecule has 27 heavy (non-hydrogen) atoms. The number of aromatic nitrogens is 3. The summed E-state index contributed by atoms with van der Waals surface area (Å²) in [6.07, 6.45) is 2.10. The van der Waals surface area contributed by atoms with Gasteiger partial charge in [0.2, 0.25) is 10.0 Å². The van der Waals surface area contributed by atoms with E-state index < -0.39 is 10.0 Å². The zero-order chi connectivity index (χ0) is 19.3. The maximum atomic E-state index is 12.4. The van der Waals surface area contributed by atoms with Crippen molar-refractivity contribution >= 4 is 39.3 Å². The largest absolute Gasteiger partial charge is 0.336 e. The number of hydrogen-bond donors (Lipinski definition) is 1. The standard InChI is InChI=1S/C16H20ClN5O3S2/c17-13-4-1-2-5-15(13)27(24,25)18-6-3-7-22-12-14(19-20-22)16(23)21-8-10-26-11-9-21/h1-2,4-5,12,18H,3,6-11H2. The fourth-order valence-electron chi connectivity index (χ4n) is 2.62. The predicted molar refractivity (Wildman–Crippen MR) is 105 cm³/mol. The highest BCUT2D eigenvalue weighted by Crippen LogP contribution is 2.20. The summed E-state index contributed by atoms with van der Waals surface area (Å²) in [6.45, 7) is 2.11. The van der Waals surface area contributed by atoms with Crippen molar-refractivity contribution in [2.24, 2.45) is 0 Å². The predicted octanol–water partition coefficient (Wildman–Crippen LogP) is 1.49. The summed E-state index contributed by atoms with van der Waals surface area (Å²) in [5.41, 5.74) is 0.318. The molecule has 0 bridgehead atoms. The minimum atomic E-state index is -3.66. The third-order valence-electron chi connectivity index (χ3n) is 4.04. The van der Waals surface area contributed by atoms with Gasteiger partial charge in [-0.05, 0) is 18.6 Å². The van der Waals surface area contributed by atoms with Crippen molar-refractivity contribution in [1.82, 2.24) is 24.6 Å². The zero-order valence-electron chi connectivity index (χ0n) is 14.5. The van der Waals surface area contributed by atoms with Crippen molar-refractivity contribution in [1.29, 1.82) is 0 Å². The minimum absolute atomic E-state index is 0.0556. The Morgan fingerprint density at radius 2 is 2.00 bits per heavy atom. The van der Waals surface area contributed by atoms with E-state index in [1.807, 2.05) is 11.8 Å². The molecule has 1 aliphatic rings. The van der Waals surface area contributed by atoms with Crippen LogP contribution in [0.2, 0.25) is 5.02 Å². The molecule has 1 fully saturated rings. The van der Waals surface area contributed by atoms with Crippen LogP contribution in [-0.2, 0) is 16.6 Å². The van der Waals surface area contributed by atoms with Gasteiger partial charge < -0.3 is 4.90 Å². The lowest BCUT2D eigenvalue weighted by atomic mass is 10.3. The summed E-state index contributed by atoms with van der Waals surface area (Å²) in [4.78, 5) is 14.2. The molecule has 1 saturated heterocycles. The van der Waals surface area contributed by atoms with E-state index in [9.17, 15) is 13.2 Å². The third-order valence-corrected chi connectivity index (χ3v) is 6.94. The second-order valence-electron chi connectivity index (χ2n) is 5.95. The summed E-state index contributed by atoms with van der Waals surface area (Å²) in [7, 11) is -3.66. The number of carbonyl (C=O) groups is 1. The number of nitrogens with one attached hydrogen (secondary N) is 1. The Morgan fingerprint density at radius 3 is 2.74 bits per heavy atom. The van der Waals surface area contributed by atoms with Crippen LogP contribution in [0.1, 0.15) is 16.9 Å². The monoisotopic (exact) mass is 429 g/mol. The molecule has 8 nitrogen and oxygen atoms in total. The molecule has 0 saturated carbocycles. The number of nitrogens with zero attached hydrogens (tertiary/aromatic N) is 4. The zero-order valence-corrected chi connectivity index (χ0v) is 16.9. The Hall–Kier alpha value is -1.62. The van der Waals surface area contributed by atoms with Gasteiger partial charge in [-0.3, -0.25) is 9.48 Å². The molecule has 0 unspecified atom stereocenters. The van der Waals surface area contributed by atoms with E-state index in [0.29, 0.717) is 18.7 Å². The van der Waals surface area contributed by atoms with Gasteiger partial charge in [0.1, 0.15) is 4.90 Å². The lowest BCUT2D eigenvalue weighted by molar-refractivity contribution is 0.0766. The summed E-state index contributed by atoms with van der Waals surface area (Å²) in [6, 6.07) is 6.28. The number of carbonyl (C=O) groups excluding carboxylic acids is 1. The van der Waals surface area contributed by atoms with E-state index in [1.54, 1.807) is 27.9 Å². The van der Waals surface area contributed by atoms with Gasteiger partial charge in [-0.15, -0.1) is 5.10 Å². The normalized spacial score (nSPS) is 15.1. The van der Waals surface area contributed by atoms with Crippen molar-refractivity contribution in [2.45, 2.75) is 17.9 Å². The second kappa shape index (κ2) is 9.05. The molecule has 2 aromatic rings. The molecule has 1 aliphatic heterocycles. The van der Waals surface area contributed by atoms with Crippen molar-refractivity contribution in [3.63, 3.8) is 0 Å². The number of amides is 1.